The Morgan fingerprint density at radius 1 is 1.50 bits per heavy atom. The van der Waals surface area contributed by atoms with Crippen LogP contribution in [-0.4, -0.2) is 38.0 Å². The number of amides is 1. The molecule has 3 heterocycles. The van der Waals surface area contributed by atoms with Gasteiger partial charge in [-0.25, -0.2) is 4.98 Å². The number of allylic oxidation sites excluding steroid dienone is 1. The number of thiazole rings is 1. The van der Waals surface area contributed by atoms with Crippen LogP contribution in [0.2, 0.25) is 0 Å². The molecule has 2 aromatic heterocycles. The largest absolute Gasteiger partial charge is 0.341 e. The Morgan fingerprint density at radius 3 is 2.88 bits per heavy atom. The van der Waals surface area contributed by atoms with Gasteiger partial charge in [-0.1, -0.05) is 24.3 Å². The summed E-state index contributed by atoms with van der Waals surface area (Å²) < 4.78 is 4.24. The zero-order valence-electron chi connectivity index (χ0n) is 13.6. The van der Waals surface area contributed by atoms with E-state index >= 15 is 0 Å². The number of likely N-dealkylation sites (tertiary alicyclic amines) is 1. The number of carbonyl (C=O) groups excluding carboxylic acids is 1. The van der Waals surface area contributed by atoms with E-state index in [4.69, 9.17) is 12.2 Å². The van der Waals surface area contributed by atoms with E-state index in [1.165, 1.54) is 22.2 Å². The van der Waals surface area contributed by atoms with E-state index in [2.05, 4.69) is 18.5 Å². The van der Waals surface area contributed by atoms with Gasteiger partial charge in [-0.2, -0.15) is 0 Å². The Balaban J connectivity index is 1.87. The fourth-order valence-electron chi connectivity index (χ4n) is 2.88. The standard InChI is InChI=1S/C16H20N4O2S2/c1-3-6-20-14-13(24-16(20)23)15(22)19(10-17-14)9-12(21)18-7-4-11(2)5-8-18/h3,10-11H,1,4-9H2,2H3. The van der Waals surface area contributed by atoms with Gasteiger partial charge in [0.1, 0.15) is 17.6 Å². The monoisotopic (exact) mass is 364 g/mol. The number of piperidine rings is 1. The fraction of sp³-hybridized carbons (Fsp3) is 0.500. The maximum atomic E-state index is 12.6. The van der Waals surface area contributed by atoms with Crippen LogP contribution in [-0.2, 0) is 17.9 Å². The van der Waals surface area contributed by atoms with E-state index in [1.807, 2.05) is 4.90 Å². The van der Waals surface area contributed by atoms with Crippen molar-refractivity contribution in [1.29, 1.82) is 0 Å². The van der Waals surface area contributed by atoms with Crippen molar-refractivity contribution in [2.24, 2.45) is 5.92 Å². The molecule has 2 aromatic rings. The quantitative estimate of drug-likeness (QED) is 0.618. The zero-order valence-corrected chi connectivity index (χ0v) is 15.2. The molecule has 1 fully saturated rings. The Labute approximate surface area is 149 Å². The third-order valence-corrected chi connectivity index (χ3v) is 5.82. The summed E-state index contributed by atoms with van der Waals surface area (Å²) in [5.74, 6) is 0.631. The predicted molar refractivity (Wildman–Crippen MR) is 97.9 cm³/mol. The van der Waals surface area contributed by atoms with E-state index in [0.29, 0.717) is 26.8 Å². The number of nitrogens with zero attached hydrogens (tertiary/aromatic N) is 4. The van der Waals surface area contributed by atoms with Gasteiger partial charge in [-0.3, -0.25) is 14.2 Å². The molecule has 6 nitrogen and oxygen atoms in total. The van der Waals surface area contributed by atoms with E-state index in [9.17, 15) is 9.59 Å². The lowest BCUT2D eigenvalue weighted by Gasteiger charge is -2.30. The highest BCUT2D eigenvalue weighted by Crippen LogP contribution is 2.18. The first kappa shape index (κ1) is 17.0. The van der Waals surface area contributed by atoms with Gasteiger partial charge >= 0.3 is 0 Å². The lowest BCUT2D eigenvalue weighted by Crippen LogP contribution is -2.41. The van der Waals surface area contributed by atoms with Crippen LogP contribution >= 0.6 is 23.6 Å². The smallest absolute Gasteiger partial charge is 0.273 e. The van der Waals surface area contributed by atoms with Crippen LogP contribution in [0.1, 0.15) is 19.8 Å². The summed E-state index contributed by atoms with van der Waals surface area (Å²) in [6, 6.07) is 0. The lowest BCUT2D eigenvalue weighted by molar-refractivity contribution is -0.133. The molecule has 1 saturated heterocycles. The number of carbonyl (C=O) groups is 1. The SMILES string of the molecule is C=CCn1c(=S)sc2c(=O)n(CC(=O)N3CCC(C)CC3)cnc21. The first-order valence-electron chi connectivity index (χ1n) is 7.98. The molecule has 0 aliphatic carbocycles. The Kier molecular flexibility index (Phi) is 4.96. The number of fused-ring (bicyclic) bond motifs is 1. The number of rotatable bonds is 4. The summed E-state index contributed by atoms with van der Waals surface area (Å²) in [5, 5.41) is 0. The summed E-state index contributed by atoms with van der Waals surface area (Å²) >= 11 is 6.52. The van der Waals surface area contributed by atoms with Crippen molar-refractivity contribution in [3.05, 3.63) is 33.3 Å². The molecule has 0 radical (unpaired) electrons. The highest BCUT2D eigenvalue weighted by Gasteiger charge is 2.21. The van der Waals surface area contributed by atoms with Gasteiger partial charge in [0.25, 0.3) is 5.56 Å². The molecule has 128 valence electrons. The third kappa shape index (κ3) is 3.21. The molecule has 3 rings (SSSR count). The Bertz CT molecular complexity index is 888. The van der Waals surface area contributed by atoms with Crippen molar-refractivity contribution in [3.63, 3.8) is 0 Å². The Hall–Kier alpha value is -1.80. The van der Waals surface area contributed by atoms with Crippen LogP contribution in [0.25, 0.3) is 10.3 Å². The maximum Gasteiger partial charge on any atom is 0.273 e. The molecular weight excluding hydrogens is 344 g/mol. The average Bonchev–Trinajstić information content (AvgIpc) is 2.88. The molecule has 1 aliphatic heterocycles. The molecule has 0 bridgehead atoms. The molecular formula is C16H20N4O2S2. The van der Waals surface area contributed by atoms with E-state index < -0.39 is 0 Å². The molecule has 0 atom stereocenters. The second kappa shape index (κ2) is 6.98. The van der Waals surface area contributed by atoms with Crippen molar-refractivity contribution in [3.8, 4) is 0 Å². The topological polar surface area (TPSA) is 60.1 Å². The Morgan fingerprint density at radius 2 is 2.21 bits per heavy atom. The molecule has 1 amide bonds. The molecule has 0 unspecified atom stereocenters. The van der Waals surface area contributed by atoms with Crippen LogP contribution in [0.4, 0.5) is 0 Å². The van der Waals surface area contributed by atoms with Gasteiger partial charge in [-0.15, -0.1) is 6.58 Å². The number of hydrogen-bond donors (Lipinski definition) is 0. The van der Waals surface area contributed by atoms with E-state index in [0.717, 1.165) is 25.9 Å². The summed E-state index contributed by atoms with van der Waals surface area (Å²) in [6.07, 6.45) is 5.19. The first-order valence-corrected chi connectivity index (χ1v) is 9.21. The minimum Gasteiger partial charge on any atom is -0.341 e. The highest BCUT2D eigenvalue weighted by atomic mass is 32.1. The van der Waals surface area contributed by atoms with Gasteiger partial charge in [0.15, 0.2) is 9.60 Å². The summed E-state index contributed by atoms with van der Waals surface area (Å²) in [4.78, 5) is 31.3. The molecule has 24 heavy (non-hydrogen) atoms. The summed E-state index contributed by atoms with van der Waals surface area (Å²) in [6.45, 7) is 7.97. The van der Waals surface area contributed by atoms with Crippen molar-refractivity contribution in [2.75, 3.05) is 13.1 Å². The second-order valence-electron chi connectivity index (χ2n) is 6.16. The maximum absolute atomic E-state index is 12.6. The first-order chi connectivity index (χ1) is 11.5. The minimum absolute atomic E-state index is 0.0285. The van der Waals surface area contributed by atoms with Gasteiger partial charge in [-0.05, 0) is 31.0 Å². The molecule has 0 saturated carbocycles. The van der Waals surface area contributed by atoms with E-state index in [1.54, 1.807) is 10.6 Å². The van der Waals surface area contributed by atoms with Crippen LogP contribution in [0.3, 0.4) is 0 Å². The third-order valence-electron chi connectivity index (χ3n) is 4.40. The van der Waals surface area contributed by atoms with E-state index in [-0.39, 0.29) is 18.0 Å². The van der Waals surface area contributed by atoms with Gasteiger partial charge in [0.2, 0.25) is 5.91 Å². The lowest BCUT2D eigenvalue weighted by atomic mass is 9.99. The molecule has 8 heteroatoms. The molecule has 0 spiro atoms. The normalized spacial score (nSPS) is 15.8. The van der Waals surface area contributed by atoms with Gasteiger partial charge in [0.05, 0.1) is 0 Å². The van der Waals surface area contributed by atoms with Gasteiger partial charge in [0, 0.05) is 19.6 Å². The molecule has 0 aromatic carbocycles. The molecule has 0 N–H and O–H groups in total. The highest BCUT2D eigenvalue weighted by molar-refractivity contribution is 7.73. The predicted octanol–water partition coefficient (Wildman–Crippen LogP) is 2.43. The average molecular weight is 364 g/mol. The van der Waals surface area contributed by atoms with Crippen LogP contribution in [0.15, 0.2) is 23.8 Å². The van der Waals surface area contributed by atoms with Crippen LogP contribution in [0, 0.1) is 9.87 Å². The summed E-state index contributed by atoms with van der Waals surface area (Å²) in [5.41, 5.74) is 0.350. The van der Waals surface area contributed by atoms with Crippen molar-refractivity contribution < 1.29 is 4.79 Å². The number of aromatic nitrogens is 3. The fourth-order valence-corrected chi connectivity index (χ4v) is 4.19. The second-order valence-corrected chi connectivity index (χ2v) is 7.81. The number of hydrogen-bond acceptors (Lipinski definition) is 5. The van der Waals surface area contributed by atoms with Crippen LogP contribution < -0.4 is 5.56 Å². The van der Waals surface area contributed by atoms with Crippen LogP contribution in [0.5, 0.6) is 0 Å². The minimum atomic E-state index is -0.211. The van der Waals surface area contributed by atoms with Crippen molar-refractivity contribution in [2.45, 2.75) is 32.9 Å². The zero-order chi connectivity index (χ0) is 17.3. The summed E-state index contributed by atoms with van der Waals surface area (Å²) in [7, 11) is 0. The van der Waals surface area contributed by atoms with Gasteiger partial charge < -0.3 is 9.47 Å². The molecule has 1 aliphatic rings. The van der Waals surface area contributed by atoms with Crippen molar-refractivity contribution >= 4 is 39.8 Å². The van der Waals surface area contributed by atoms with Crippen molar-refractivity contribution in [1.82, 2.24) is 19.0 Å².